The molecule has 0 bridgehead atoms. The molecule has 0 atom stereocenters. The van der Waals surface area contributed by atoms with E-state index in [1.54, 1.807) is 7.11 Å². The Morgan fingerprint density at radius 1 is 0.935 bits per heavy atom. The number of para-hydroxylation sites is 2. The third-order valence-electron chi connectivity index (χ3n) is 6.91. The van der Waals surface area contributed by atoms with Crippen molar-refractivity contribution in [2.24, 2.45) is 0 Å². The molecule has 3 heteroatoms. The van der Waals surface area contributed by atoms with Gasteiger partial charge in [0.05, 0.1) is 12.5 Å². The fourth-order valence-electron chi connectivity index (χ4n) is 5.10. The van der Waals surface area contributed by atoms with Gasteiger partial charge in [-0.2, -0.15) is 4.58 Å². The molecule has 3 nitrogen and oxygen atoms in total. The van der Waals surface area contributed by atoms with Gasteiger partial charge in [0.2, 0.25) is 5.69 Å². The molecule has 0 aromatic heterocycles. The number of methoxy groups -OCH3 is 1. The molecular weight excluding hydrogens is 380 g/mol. The molecule has 0 spiro atoms. The molecule has 2 aliphatic rings. The van der Waals surface area contributed by atoms with E-state index in [2.05, 4.69) is 124 Å². The smallest absolute Gasteiger partial charge is 0.209 e. The zero-order valence-corrected chi connectivity index (χ0v) is 19.7. The lowest BCUT2D eigenvalue weighted by atomic mass is 9.81. The zero-order valence-electron chi connectivity index (χ0n) is 19.7. The molecule has 0 radical (unpaired) electrons. The van der Waals surface area contributed by atoms with Crippen molar-refractivity contribution in [3.63, 3.8) is 0 Å². The number of nitrogens with zero attached hydrogens (tertiary/aromatic N) is 2. The van der Waals surface area contributed by atoms with Gasteiger partial charge in [-0.05, 0) is 31.6 Å². The van der Waals surface area contributed by atoms with E-state index in [1.807, 2.05) is 0 Å². The number of fused-ring (bicyclic) bond motifs is 2. The van der Waals surface area contributed by atoms with E-state index in [-0.39, 0.29) is 10.8 Å². The third kappa shape index (κ3) is 3.33. The Hall–Kier alpha value is -3.07. The number of ether oxygens (including phenoxy) is 1. The summed E-state index contributed by atoms with van der Waals surface area (Å²) in [4.78, 5) is 2.27. The second-order valence-corrected chi connectivity index (χ2v) is 9.45. The zero-order chi connectivity index (χ0) is 22.4. The summed E-state index contributed by atoms with van der Waals surface area (Å²) in [6, 6.07) is 17.2. The van der Waals surface area contributed by atoms with Crippen LogP contribution in [-0.2, 0) is 15.6 Å². The molecule has 0 unspecified atom stereocenters. The molecule has 0 saturated carbocycles. The second kappa shape index (κ2) is 7.56. The largest absolute Gasteiger partial charge is 0.497 e. The van der Waals surface area contributed by atoms with Crippen molar-refractivity contribution in [1.82, 2.24) is 0 Å². The van der Waals surface area contributed by atoms with Crippen LogP contribution in [0.15, 0.2) is 84.3 Å². The van der Waals surface area contributed by atoms with Crippen molar-refractivity contribution in [3.8, 4) is 0 Å². The summed E-state index contributed by atoms with van der Waals surface area (Å²) in [6.07, 6.45) is 8.52. The normalized spacial score (nSPS) is 20.5. The van der Waals surface area contributed by atoms with Crippen LogP contribution in [-0.4, -0.2) is 31.5 Å². The summed E-state index contributed by atoms with van der Waals surface area (Å²) in [5.74, 6) is 0.843. The molecule has 2 aliphatic heterocycles. The summed E-state index contributed by atoms with van der Waals surface area (Å²) >= 11 is 0. The summed E-state index contributed by atoms with van der Waals surface area (Å²) in [5.41, 5.74) is 7.64. The van der Waals surface area contributed by atoms with Gasteiger partial charge in [-0.15, -0.1) is 0 Å². The molecule has 0 saturated heterocycles. The quantitative estimate of drug-likeness (QED) is 0.342. The van der Waals surface area contributed by atoms with Crippen molar-refractivity contribution in [1.29, 1.82) is 0 Å². The summed E-state index contributed by atoms with van der Waals surface area (Å²) in [5, 5.41) is 0. The highest BCUT2D eigenvalue weighted by molar-refractivity contribution is 6.03. The van der Waals surface area contributed by atoms with E-state index in [4.69, 9.17) is 4.74 Å². The van der Waals surface area contributed by atoms with Crippen LogP contribution < -0.4 is 4.90 Å². The Labute approximate surface area is 186 Å². The lowest BCUT2D eigenvalue weighted by Crippen LogP contribution is -2.26. The van der Waals surface area contributed by atoms with Crippen LogP contribution in [0.2, 0.25) is 0 Å². The first-order chi connectivity index (χ1) is 14.7. The number of allylic oxidation sites excluding steroid dienone is 5. The predicted octanol–water partition coefficient (Wildman–Crippen LogP) is 6.09. The number of hydrogen-bond donors (Lipinski definition) is 0. The van der Waals surface area contributed by atoms with Crippen LogP contribution >= 0.6 is 0 Å². The Morgan fingerprint density at radius 2 is 1.58 bits per heavy atom. The maximum Gasteiger partial charge on any atom is 0.209 e. The molecule has 160 valence electrons. The fraction of sp³-hybridized carbons (Fsp3) is 0.321. The van der Waals surface area contributed by atoms with Crippen molar-refractivity contribution >= 4 is 17.1 Å². The van der Waals surface area contributed by atoms with Gasteiger partial charge in [0.1, 0.15) is 12.8 Å². The highest BCUT2D eigenvalue weighted by atomic mass is 16.5. The van der Waals surface area contributed by atoms with E-state index < -0.39 is 0 Å². The molecule has 31 heavy (non-hydrogen) atoms. The van der Waals surface area contributed by atoms with Crippen LogP contribution in [0.3, 0.4) is 0 Å². The minimum Gasteiger partial charge on any atom is -0.497 e. The van der Waals surface area contributed by atoms with E-state index in [0.717, 1.165) is 5.76 Å². The summed E-state index contributed by atoms with van der Waals surface area (Å²) < 4.78 is 8.03. The van der Waals surface area contributed by atoms with Crippen LogP contribution in [0.1, 0.15) is 38.8 Å². The van der Waals surface area contributed by atoms with Gasteiger partial charge in [-0.3, -0.25) is 0 Å². The van der Waals surface area contributed by atoms with Gasteiger partial charge in [0, 0.05) is 47.6 Å². The second-order valence-electron chi connectivity index (χ2n) is 9.45. The standard InChI is InChI=1S/C28H33N2O/c1-27(2)21-14-8-10-16-23(21)29(5)25(27)18-12-13-20(31-7)19-26-28(3,4)22-15-9-11-17-24(22)30(26)6/h8-19H,1-7H3/q+1. The molecule has 2 aromatic rings. The minimum atomic E-state index is -0.0727. The molecule has 2 heterocycles. The molecule has 0 N–H and O–H groups in total. The first kappa shape index (κ1) is 21.2. The molecule has 2 aromatic carbocycles. The van der Waals surface area contributed by atoms with Crippen molar-refractivity contribution < 1.29 is 9.31 Å². The molecule has 0 fully saturated rings. The maximum absolute atomic E-state index is 5.74. The number of anilines is 1. The van der Waals surface area contributed by atoms with Crippen molar-refractivity contribution in [2.75, 3.05) is 26.1 Å². The number of benzene rings is 2. The van der Waals surface area contributed by atoms with Crippen molar-refractivity contribution in [2.45, 2.75) is 38.5 Å². The average molecular weight is 414 g/mol. The molecule has 4 rings (SSSR count). The van der Waals surface area contributed by atoms with Gasteiger partial charge >= 0.3 is 0 Å². The van der Waals surface area contributed by atoms with Gasteiger partial charge in [0.25, 0.3) is 0 Å². The first-order valence-electron chi connectivity index (χ1n) is 10.9. The van der Waals surface area contributed by atoms with Crippen LogP contribution in [0.25, 0.3) is 0 Å². The SMILES string of the molecule is COC(=CC=CC1=[N+](C)c2ccccc2C1(C)C)C=C1N(C)c2ccccc2C1(C)C. The predicted molar refractivity (Wildman–Crippen MR) is 131 cm³/mol. The molecular formula is C28H33N2O+. The topological polar surface area (TPSA) is 15.5 Å². The maximum atomic E-state index is 5.74. The van der Waals surface area contributed by atoms with Gasteiger partial charge < -0.3 is 9.64 Å². The minimum absolute atomic E-state index is 0.0311. The lowest BCUT2D eigenvalue weighted by molar-refractivity contribution is -0.401. The Kier molecular flexibility index (Phi) is 5.17. The van der Waals surface area contributed by atoms with E-state index >= 15 is 0 Å². The summed E-state index contributed by atoms with van der Waals surface area (Å²) in [6.45, 7) is 9.11. The lowest BCUT2D eigenvalue weighted by Gasteiger charge is -2.24. The average Bonchev–Trinajstić information content (AvgIpc) is 3.07. The Balaban J connectivity index is 1.65. The summed E-state index contributed by atoms with van der Waals surface area (Å²) in [7, 11) is 6.01. The number of rotatable bonds is 4. The van der Waals surface area contributed by atoms with Gasteiger partial charge in [-0.1, -0.05) is 56.3 Å². The first-order valence-corrected chi connectivity index (χ1v) is 10.9. The Bertz CT molecular complexity index is 1150. The van der Waals surface area contributed by atoms with Crippen LogP contribution in [0, 0.1) is 0 Å². The van der Waals surface area contributed by atoms with Crippen molar-refractivity contribution in [3.05, 3.63) is 95.4 Å². The van der Waals surface area contributed by atoms with E-state index in [1.165, 1.54) is 33.9 Å². The Morgan fingerprint density at radius 3 is 2.23 bits per heavy atom. The third-order valence-corrected chi connectivity index (χ3v) is 6.91. The highest BCUT2D eigenvalue weighted by Crippen LogP contribution is 2.47. The highest BCUT2D eigenvalue weighted by Gasteiger charge is 2.42. The van der Waals surface area contributed by atoms with Gasteiger partial charge in [0.15, 0.2) is 5.71 Å². The van der Waals surface area contributed by atoms with E-state index in [0.29, 0.717) is 0 Å². The van der Waals surface area contributed by atoms with E-state index in [9.17, 15) is 0 Å². The number of likely N-dealkylation sites (N-methyl/N-ethyl adjacent to an activating group) is 1. The fourth-order valence-corrected chi connectivity index (χ4v) is 5.10. The van der Waals surface area contributed by atoms with Crippen LogP contribution in [0.4, 0.5) is 11.4 Å². The molecule has 0 amide bonds. The van der Waals surface area contributed by atoms with Crippen LogP contribution in [0.5, 0.6) is 0 Å². The van der Waals surface area contributed by atoms with Gasteiger partial charge in [-0.25, -0.2) is 0 Å². The molecule has 0 aliphatic carbocycles. The number of hydrogen-bond acceptors (Lipinski definition) is 2. The monoisotopic (exact) mass is 413 g/mol.